The summed E-state index contributed by atoms with van der Waals surface area (Å²) in [7, 11) is -2.44. The van der Waals surface area contributed by atoms with Gasteiger partial charge in [-0.25, -0.2) is 8.42 Å². The quantitative estimate of drug-likeness (QED) is 0.688. The Morgan fingerprint density at radius 1 is 1.05 bits per heavy atom. The van der Waals surface area contributed by atoms with Crippen LogP contribution in [0.15, 0.2) is 53.4 Å². The number of nitro benzene ring substituents is 1. The number of hydrogen-bond acceptors (Lipinski definition) is 5. The molecule has 0 aromatic heterocycles. The van der Waals surface area contributed by atoms with Crippen LogP contribution in [-0.4, -0.2) is 25.5 Å². The van der Waals surface area contributed by atoms with Crippen molar-refractivity contribution in [3.8, 4) is 5.75 Å². The molecule has 2 aromatic carbocycles. The Morgan fingerprint density at radius 3 is 2.05 bits per heavy atom. The lowest BCUT2D eigenvalue weighted by molar-refractivity contribution is -0.384. The largest absolute Gasteiger partial charge is 0.508 e. The van der Waals surface area contributed by atoms with Crippen LogP contribution in [0.2, 0.25) is 0 Å². The van der Waals surface area contributed by atoms with Gasteiger partial charge >= 0.3 is 0 Å². The maximum absolute atomic E-state index is 12.4. The summed E-state index contributed by atoms with van der Waals surface area (Å²) in [6.45, 7) is 0. The van der Waals surface area contributed by atoms with Gasteiger partial charge in [0.25, 0.3) is 15.7 Å². The average Bonchev–Trinajstić information content (AvgIpc) is 2.47. The van der Waals surface area contributed by atoms with Gasteiger partial charge in [-0.05, 0) is 36.4 Å². The van der Waals surface area contributed by atoms with Crippen LogP contribution >= 0.6 is 0 Å². The van der Waals surface area contributed by atoms with Crippen LogP contribution in [0.5, 0.6) is 5.75 Å². The predicted molar refractivity (Wildman–Crippen MR) is 76.8 cm³/mol. The minimum atomic E-state index is -3.79. The van der Waals surface area contributed by atoms with E-state index in [4.69, 9.17) is 0 Å². The molecular weight excluding hydrogens is 296 g/mol. The second kappa shape index (κ2) is 5.41. The Labute approximate surface area is 121 Å². The van der Waals surface area contributed by atoms with Gasteiger partial charge in [0.05, 0.1) is 15.5 Å². The van der Waals surface area contributed by atoms with E-state index in [-0.39, 0.29) is 16.3 Å². The summed E-state index contributed by atoms with van der Waals surface area (Å²) in [6, 6.07) is 10.3. The van der Waals surface area contributed by atoms with Crippen molar-refractivity contribution < 1.29 is 18.4 Å². The summed E-state index contributed by atoms with van der Waals surface area (Å²) in [5.74, 6) is -0.0352. The van der Waals surface area contributed by atoms with Crippen molar-refractivity contribution in [2.75, 3.05) is 11.4 Å². The zero-order valence-electron chi connectivity index (χ0n) is 11.0. The van der Waals surface area contributed by atoms with Gasteiger partial charge in [0.15, 0.2) is 0 Å². The lowest BCUT2D eigenvalue weighted by Crippen LogP contribution is -2.26. The molecule has 7 nitrogen and oxygen atoms in total. The number of aromatic hydroxyl groups is 1. The molecule has 0 spiro atoms. The molecule has 0 saturated heterocycles. The number of rotatable bonds is 4. The highest BCUT2D eigenvalue weighted by atomic mass is 32.2. The van der Waals surface area contributed by atoms with Gasteiger partial charge in [-0.3, -0.25) is 14.4 Å². The average molecular weight is 308 g/mol. The third kappa shape index (κ3) is 2.95. The summed E-state index contributed by atoms with van der Waals surface area (Å²) in [6.07, 6.45) is 0. The lowest BCUT2D eigenvalue weighted by atomic mass is 10.3. The summed E-state index contributed by atoms with van der Waals surface area (Å²) in [5, 5.41) is 19.8. The molecule has 0 aliphatic heterocycles. The highest BCUT2D eigenvalue weighted by Crippen LogP contribution is 2.25. The van der Waals surface area contributed by atoms with E-state index < -0.39 is 14.9 Å². The Balaban J connectivity index is 2.35. The smallest absolute Gasteiger partial charge is 0.269 e. The first-order chi connectivity index (χ1) is 9.82. The molecule has 0 saturated carbocycles. The van der Waals surface area contributed by atoms with Gasteiger partial charge in [0.2, 0.25) is 0 Å². The second-order valence-corrected chi connectivity index (χ2v) is 6.21. The summed E-state index contributed by atoms with van der Waals surface area (Å²) in [4.78, 5) is 10.0. The molecular formula is C13H12N2O5S. The van der Waals surface area contributed by atoms with Crippen LogP contribution in [-0.2, 0) is 10.0 Å². The van der Waals surface area contributed by atoms with Crippen molar-refractivity contribution in [3.05, 3.63) is 58.6 Å². The summed E-state index contributed by atoms with van der Waals surface area (Å²) >= 11 is 0. The Kier molecular flexibility index (Phi) is 3.81. The third-order valence-electron chi connectivity index (χ3n) is 2.92. The van der Waals surface area contributed by atoms with Crippen molar-refractivity contribution >= 4 is 21.4 Å². The number of nitro groups is 1. The van der Waals surface area contributed by atoms with E-state index in [0.717, 1.165) is 4.31 Å². The standard InChI is InChI=1S/C13H12N2O5S/c1-14(10-2-4-11(5-3-10)15(17)18)21(19,20)13-8-6-12(16)7-9-13/h2-9,16H,1H3. The van der Waals surface area contributed by atoms with Crippen LogP contribution in [0.1, 0.15) is 0 Å². The number of hydrogen-bond donors (Lipinski definition) is 1. The van der Waals surface area contributed by atoms with E-state index >= 15 is 0 Å². The fourth-order valence-electron chi connectivity index (χ4n) is 1.70. The maximum atomic E-state index is 12.4. The Bertz CT molecular complexity index is 754. The number of benzene rings is 2. The van der Waals surface area contributed by atoms with Gasteiger partial charge in [0.1, 0.15) is 5.75 Å². The molecule has 21 heavy (non-hydrogen) atoms. The number of non-ortho nitro benzene ring substituents is 1. The molecule has 0 fully saturated rings. The Morgan fingerprint density at radius 2 is 1.57 bits per heavy atom. The van der Waals surface area contributed by atoms with Crippen LogP contribution in [0, 0.1) is 10.1 Å². The van der Waals surface area contributed by atoms with Crippen molar-refractivity contribution in [1.82, 2.24) is 0 Å². The summed E-state index contributed by atoms with van der Waals surface area (Å²) in [5.41, 5.74) is 0.183. The van der Waals surface area contributed by atoms with Gasteiger partial charge < -0.3 is 5.11 Å². The maximum Gasteiger partial charge on any atom is 0.269 e. The van der Waals surface area contributed by atoms with Crippen LogP contribution in [0.25, 0.3) is 0 Å². The molecule has 0 aliphatic rings. The number of phenols is 1. The predicted octanol–water partition coefficient (Wildman–Crippen LogP) is 2.13. The van der Waals surface area contributed by atoms with Crippen molar-refractivity contribution in [1.29, 1.82) is 0 Å². The number of anilines is 1. The molecule has 110 valence electrons. The normalized spacial score (nSPS) is 11.1. The first-order valence-corrected chi connectivity index (χ1v) is 7.29. The molecule has 2 rings (SSSR count). The highest BCUT2D eigenvalue weighted by molar-refractivity contribution is 7.92. The number of phenolic OH excluding ortho intramolecular Hbond substituents is 1. The van der Waals surface area contributed by atoms with Crippen molar-refractivity contribution in [2.45, 2.75) is 4.90 Å². The van der Waals surface area contributed by atoms with Gasteiger partial charge in [0, 0.05) is 19.2 Å². The number of sulfonamides is 1. The lowest BCUT2D eigenvalue weighted by Gasteiger charge is -2.19. The minimum absolute atomic E-state index is 0.0150. The van der Waals surface area contributed by atoms with Gasteiger partial charge in [-0.2, -0.15) is 0 Å². The van der Waals surface area contributed by atoms with E-state index in [1.165, 1.54) is 55.6 Å². The number of nitrogens with zero attached hydrogens (tertiary/aromatic N) is 2. The second-order valence-electron chi connectivity index (χ2n) is 4.24. The van der Waals surface area contributed by atoms with Gasteiger partial charge in [-0.15, -0.1) is 0 Å². The molecule has 0 bridgehead atoms. The highest BCUT2D eigenvalue weighted by Gasteiger charge is 2.21. The van der Waals surface area contributed by atoms with Gasteiger partial charge in [-0.1, -0.05) is 0 Å². The molecule has 0 radical (unpaired) electrons. The van der Waals surface area contributed by atoms with E-state index in [1.54, 1.807) is 0 Å². The molecule has 2 aromatic rings. The van der Waals surface area contributed by atoms with E-state index in [1.807, 2.05) is 0 Å². The molecule has 8 heteroatoms. The van der Waals surface area contributed by atoms with E-state index in [0.29, 0.717) is 5.69 Å². The molecule has 0 atom stereocenters. The fourth-order valence-corrected chi connectivity index (χ4v) is 2.89. The molecule has 0 unspecified atom stereocenters. The zero-order valence-corrected chi connectivity index (χ0v) is 11.8. The zero-order chi connectivity index (χ0) is 15.6. The monoisotopic (exact) mass is 308 g/mol. The Hall–Kier alpha value is -2.61. The van der Waals surface area contributed by atoms with Crippen LogP contribution < -0.4 is 4.31 Å². The van der Waals surface area contributed by atoms with Crippen LogP contribution in [0.3, 0.4) is 0 Å². The van der Waals surface area contributed by atoms with Crippen LogP contribution in [0.4, 0.5) is 11.4 Å². The fraction of sp³-hybridized carbons (Fsp3) is 0.0769. The van der Waals surface area contributed by atoms with E-state index in [2.05, 4.69) is 0 Å². The first kappa shape index (κ1) is 14.8. The summed E-state index contributed by atoms with van der Waals surface area (Å²) < 4.78 is 25.8. The molecule has 0 amide bonds. The first-order valence-electron chi connectivity index (χ1n) is 5.85. The SMILES string of the molecule is CN(c1ccc([N+](=O)[O-])cc1)S(=O)(=O)c1ccc(O)cc1. The third-order valence-corrected chi connectivity index (χ3v) is 4.72. The van der Waals surface area contributed by atoms with E-state index in [9.17, 15) is 23.6 Å². The minimum Gasteiger partial charge on any atom is -0.508 e. The van der Waals surface area contributed by atoms with Crippen molar-refractivity contribution in [3.63, 3.8) is 0 Å². The topological polar surface area (TPSA) is 101 Å². The van der Waals surface area contributed by atoms with Crippen molar-refractivity contribution in [2.24, 2.45) is 0 Å². The molecule has 0 heterocycles. The molecule has 1 N–H and O–H groups in total. The molecule has 0 aliphatic carbocycles.